The Hall–Kier alpha value is -3.08. The first-order valence-electron chi connectivity index (χ1n) is 8.01. The molecule has 0 spiro atoms. The van der Waals surface area contributed by atoms with Crippen molar-refractivity contribution >= 4 is 5.91 Å². The maximum atomic E-state index is 13.1. The Kier molecular flexibility index (Phi) is 3.57. The molecule has 0 radical (unpaired) electrons. The number of pyridine rings is 2. The molecule has 4 nitrogen and oxygen atoms in total. The van der Waals surface area contributed by atoms with Crippen LogP contribution >= 0.6 is 0 Å². The van der Waals surface area contributed by atoms with Gasteiger partial charge in [-0.2, -0.15) is 0 Å². The average Bonchev–Trinajstić information content (AvgIpc) is 2.71. The number of hydrogen-bond acceptors (Lipinski definition) is 3. The summed E-state index contributed by atoms with van der Waals surface area (Å²) in [6.07, 6.45) is 1.21. The highest BCUT2D eigenvalue weighted by Crippen LogP contribution is 2.34. The number of carbonyl (C=O) groups excluding carboxylic acids is 1. The number of hydrogen-bond donors (Lipinski definition) is 0. The topological polar surface area (TPSA) is 46.1 Å². The van der Waals surface area contributed by atoms with E-state index in [9.17, 15) is 9.18 Å². The highest BCUT2D eigenvalue weighted by molar-refractivity contribution is 6.00. The summed E-state index contributed by atoms with van der Waals surface area (Å²) < 4.78 is 13.1. The number of fused-ring (bicyclic) bond motifs is 3. The van der Waals surface area contributed by atoms with Gasteiger partial charge >= 0.3 is 0 Å². The van der Waals surface area contributed by atoms with E-state index in [2.05, 4.69) is 9.97 Å². The number of aromatic nitrogens is 2. The predicted octanol–water partition coefficient (Wildman–Crippen LogP) is 3.84. The Morgan fingerprint density at radius 1 is 1.08 bits per heavy atom. The molecule has 1 aromatic carbocycles. The van der Waals surface area contributed by atoms with Crippen molar-refractivity contribution in [3.05, 3.63) is 71.4 Å². The third-order valence-electron chi connectivity index (χ3n) is 4.41. The smallest absolute Gasteiger partial charge is 0.273 e. The minimum Gasteiger partial charge on any atom is -0.336 e. The first-order chi connectivity index (χ1) is 12.0. The first-order valence-corrected chi connectivity index (χ1v) is 8.01. The molecule has 0 saturated carbocycles. The fourth-order valence-corrected chi connectivity index (χ4v) is 3.12. The van der Waals surface area contributed by atoms with Gasteiger partial charge in [0, 0.05) is 30.4 Å². The van der Waals surface area contributed by atoms with Crippen molar-refractivity contribution in [2.24, 2.45) is 0 Å². The molecule has 0 atom stereocenters. The van der Waals surface area contributed by atoms with Gasteiger partial charge in [-0.15, -0.1) is 0 Å². The summed E-state index contributed by atoms with van der Waals surface area (Å²) in [5.41, 5.74) is 5.66. The predicted molar refractivity (Wildman–Crippen MR) is 93.4 cm³/mol. The molecule has 4 rings (SSSR count). The first kappa shape index (κ1) is 15.4. The van der Waals surface area contributed by atoms with Crippen LogP contribution in [0.4, 0.5) is 4.39 Å². The lowest BCUT2D eigenvalue weighted by Gasteiger charge is -2.14. The third-order valence-corrected chi connectivity index (χ3v) is 4.41. The molecular weight excluding hydrogens is 317 g/mol. The third kappa shape index (κ3) is 2.67. The number of amides is 1. The lowest BCUT2D eigenvalue weighted by Crippen LogP contribution is -2.25. The van der Waals surface area contributed by atoms with Crippen molar-refractivity contribution in [2.45, 2.75) is 13.5 Å². The molecular formula is C20H16FN3O. The zero-order valence-corrected chi connectivity index (χ0v) is 14.0. The van der Waals surface area contributed by atoms with Gasteiger partial charge in [0.1, 0.15) is 11.5 Å². The van der Waals surface area contributed by atoms with Gasteiger partial charge in [-0.05, 0) is 42.3 Å². The van der Waals surface area contributed by atoms with Crippen molar-refractivity contribution in [1.82, 2.24) is 14.9 Å². The summed E-state index contributed by atoms with van der Waals surface area (Å²) in [4.78, 5) is 22.9. The molecule has 0 saturated heterocycles. The summed E-state index contributed by atoms with van der Waals surface area (Å²) in [5, 5.41) is 0. The van der Waals surface area contributed by atoms with Crippen LogP contribution < -0.4 is 0 Å². The second-order valence-electron chi connectivity index (χ2n) is 6.24. The Bertz CT molecular complexity index is 983. The van der Waals surface area contributed by atoms with Gasteiger partial charge in [0.25, 0.3) is 5.91 Å². The fourth-order valence-electron chi connectivity index (χ4n) is 3.12. The molecule has 0 fully saturated rings. The van der Waals surface area contributed by atoms with Gasteiger partial charge in [0.05, 0.1) is 11.9 Å². The second kappa shape index (κ2) is 5.77. The van der Waals surface area contributed by atoms with Crippen LogP contribution in [0.2, 0.25) is 0 Å². The monoisotopic (exact) mass is 333 g/mol. The van der Waals surface area contributed by atoms with E-state index in [-0.39, 0.29) is 11.7 Å². The van der Waals surface area contributed by atoms with Crippen LogP contribution in [0.1, 0.15) is 21.7 Å². The lowest BCUT2D eigenvalue weighted by atomic mass is 9.95. The number of aryl methyl sites for hydroxylation is 1. The maximum absolute atomic E-state index is 13.1. The van der Waals surface area contributed by atoms with Gasteiger partial charge < -0.3 is 4.90 Å². The Labute approximate surface area is 145 Å². The normalized spacial score (nSPS) is 13.2. The molecule has 5 heteroatoms. The SMILES string of the molecule is Cc1ccc2c(n1)C(=O)N(C)Cc1ccc(-c3ccc(F)cn3)cc1-2. The van der Waals surface area contributed by atoms with Crippen molar-refractivity contribution < 1.29 is 9.18 Å². The van der Waals surface area contributed by atoms with Crippen molar-refractivity contribution in [2.75, 3.05) is 7.05 Å². The molecule has 1 aliphatic rings. The van der Waals surface area contributed by atoms with Gasteiger partial charge in [-0.25, -0.2) is 9.37 Å². The molecule has 0 unspecified atom stereocenters. The van der Waals surface area contributed by atoms with E-state index in [4.69, 9.17) is 0 Å². The zero-order valence-electron chi connectivity index (χ0n) is 14.0. The maximum Gasteiger partial charge on any atom is 0.273 e. The van der Waals surface area contributed by atoms with Crippen LogP contribution in [0.5, 0.6) is 0 Å². The minimum atomic E-state index is -0.365. The standard InChI is InChI=1S/C20H16FN3O/c1-12-3-7-16-17-9-13(18-8-6-15(21)10-22-18)4-5-14(17)11-24(2)20(25)19(16)23-12/h3-10H,11H2,1-2H3. The fraction of sp³-hybridized carbons (Fsp3) is 0.150. The van der Waals surface area contributed by atoms with E-state index >= 15 is 0 Å². The minimum absolute atomic E-state index is 0.0867. The number of carbonyl (C=O) groups is 1. The molecule has 0 N–H and O–H groups in total. The summed E-state index contributed by atoms with van der Waals surface area (Å²) in [6, 6.07) is 12.8. The highest BCUT2D eigenvalue weighted by atomic mass is 19.1. The van der Waals surface area contributed by atoms with Crippen molar-refractivity contribution in [1.29, 1.82) is 0 Å². The molecule has 1 amide bonds. The Balaban J connectivity index is 1.93. The van der Waals surface area contributed by atoms with Gasteiger partial charge in [-0.3, -0.25) is 9.78 Å². The van der Waals surface area contributed by atoms with Crippen LogP contribution in [-0.4, -0.2) is 27.8 Å². The molecule has 3 heterocycles. The van der Waals surface area contributed by atoms with Crippen molar-refractivity contribution in [3.63, 3.8) is 0 Å². The lowest BCUT2D eigenvalue weighted by molar-refractivity contribution is 0.0782. The molecule has 3 aromatic rings. The van der Waals surface area contributed by atoms with Crippen LogP contribution in [0.15, 0.2) is 48.7 Å². The van der Waals surface area contributed by atoms with Crippen LogP contribution in [-0.2, 0) is 6.54 Å². The second-order valence-corrected chi connectivity index (χ2v) is 6.24. The van der Waals surface area contributed by atoms with Crippen LogP contribution in [0.3, 0.4) is 0 Å². The largest absolute Gasteiger partial charge is 0.336 e. The molecule has 25 heavy (non-hydrogen) atoms. The molecule has 2 aromatic heterocycles. The van der Waals surface area contributed by atoms with E-state index in [1.54, 1.807) is 18.0 Å². The van der Waals surface area contributed by atoms with Crippen molar-refractivity contribution in [3.8, 4) is 22.4 Å². The van der Waals surface area contributed by atoms with Crippen LogP contribution in [0, 0.1) is 12.7 Å². The summed E-state index contributed by atoms with van der Waals surface area (Å²) >= 11 is 0. The number of benzene rings is 1. The van der Waals surface area contributed by atoms with Gasteiger partial charge in [-0.1, -0.05) is 18.2 Å². The highest BCUT2D eigenvalue weighted by Gasteiger charge is 2.25. The Morgan fingerprint density at radius 3 is 2.68 bits per heavy atom. The number of halogens is 1. The zero-order chi connectivity index (χ0) is 17.6. The number of rotatable bonds is 1. The summed E-state index contributed by atoms with van der Waals surface area (Å²) in [7, 11) is 1.78. The quantitative estimate of drug-likeness (QED) is 0.680. The molecule has 1 aliphatic heterocycles. The van der Waals surface area contributed by atoms with E-state index in [0.717, 1.165) is 27.9 Å². The molecule has 124 valence electrons. The summed E-state index contributed by atoms with van der Waals surface area (Å²) in [5.74, 6) is -0.452. The van der Waals surface area contributed by atoms with Gasteiger partial charge in [0.2, 0.25) is 0 Å². The Morgan fingerprint density at radius 2 is 1.92 bits per heavy atom. The van der Waals surface area contributed by atoms with Gasteiger partial charge in [0.15, 0.2) is 0 Å². The van der Waals surface area contributed by atoms with E-state index in [0.29, 0.717) is 17.9 Å². The van der Waals surface area contributed by atoms with E-state index in [1.807, 2.05) is 37.3 Å². The van der Waals surface area contributed by atoms with Crippen LogP contribution in [0.25, 0.3) is 22.4 Å². The molecule has 0 aliphatic carbocycles. The molecule has 0 bridgehead atoms. The average molecular weight is 333 g/mol. The van der Waals surface area contributed by atoms with E-state index in [1.165, 1.54) is 12.3 Å². The van der Waals surface area contributed by atoms with E-state index < -0.39 is 0 Å². The summed E-state index contributed by atoms with van der Waals surface area (Å²) in [6.45, 7) is 2.39. The number of nitrogens with zero attached hydrogens (tertiary/aromatic N) is 3.